The van der Waals surface area contributed by atoms with Gasteiger partial charge in [0.25, 0.3) is 0 Å². The van der Waals surface area contributed by atoms with Gasteiger partial charge in [0.2, 0.25) is 0 Å². The Morgan fingerprint density at radius 2 is 2.33 bits per heavy atom. The summed E-state index contributed by atoms with van der Waals surface area (Å²) in [6, 6.07) is 0. The van der Waals surface area contributed by atoms with Gasteiger partial charge in [-0.1, -0.05) is 12.2 Å². The van der Waals surface area contributed by atoms with Gasteiger partial charge in [-0.3, -0.25) is 4.79 Å². The van der Waals surface area contributed by atoms with Gasteiger partial charge in [-0.05, 0) is 12.3 Å². The second-order valence-electron chi connectivity index (χ2n) is 0.913. The summed E-state index contributed by atoms with van der Waals surface area (Å²) >= 11 is 4.33. The molecule has 0 aliphatic rings. The fourth-order valence-electron chi connectivity index (χ4n) is 0.0958. The van der Waals surface area contributed by atoms with E-state index in [9.17, 15) is 4.79 Å². The van der Waals surface area contributed by atoms with Crippen LogP contribution in [0.5, 0.6) is 0 Å². The molecular formula is C4H5OS. The zero-order chi connectivity index (χ0) is 4.99. The van der Waals surface area contributed by atoms with Crippen LogP contribution in [0.15, 0.2) is 0 Å². The van der Waals surface area contributed by atoms with Gasteiger partial charge in [0.15, 0.2) is 0 Å². The third-order valence-electron chi connectivity index (χ3n) is 0.303. The van der Waals surface area contributed by atoms with Crippen LogP contribution in [0, 0.1) is 6.42 Å². The molecule has 0 saturated carbocycles. The van der Waals surface area contributed by atoms with Gasteiger partial charge in [-0.25, -0.2) is 0 Å². The molecule has 0 rings (SSSR count). The second-order valence-corrected chi connectivity index (χ2v) is 1.19. The van der Waals surface area contributed by atoms with E-state index < -0.39 is 0 Å². The smallest absolute Gasteiger partial charge is 0.138 e. The summed E-state index contributed by atoms with van der Waals surface area (Å²) in [5, 5.41) is 1.31. The van der Waals surface area contributed by atoms with Crippen molar-refractivity contribution in [2.75, 3.05) is 0 Å². The third-order valence-corrected chi connectivity index (χ3v) is 0.439. The summed E-state index contributed by atoms with van der Waals surface area (Å²) in [5.74, 6) is 0.00463. The number of carbonyl (C=O) groups is 1. The van der Waals surface area contributed by atoms with Crippen molar-refractivity contribution in [2.45, 2.75) is 6.92 Å². The average molecular weight is 101 g/mol. The molecule has 0 aromatic rings. The molecule has 0 aliphatic carbocycles. The first kappa shape index (κ1) is 5.76. The molecule has 0 unspecified atom stereocenters. The molecule has 0 spiro atoms. The van der Waals surface area contributed by atoms with E-state index in [1.165, 1.54) is 18.7 Å². The average Bonchev–Trinajstić information content (AvgIpc) is 1.35. The Balaban J connectivity index is 3.05. The molecular weight excluding hydrogens is 96.1 g/mol. The highest BCUT2D eigenvalue weighted by molar-refractivity contribution is 7.79. The highest BCUT2D eigenvalue weighted by Crippen LogP contribution is 1.70. The standard InChI is InChI=1S/C4H5OS/c1-4(5)2-3-6/h2-3H,1H3. The SMILES string of the molecule is CC(=O)[CH]C=S. The first-order valence-corrected chi connectivity index (χ1v) is 2.03. The molecule has 33 valence electrons. The molecule has 1 nitrogen and oxygen atoms in total. The maximum Gasteiger partial charge on any atom is 0.138 e. The number of hydrogen-bond acceptors (Lipinski definition) is 2. The van der Waals surface area contributed by atoms with Gasteiger partial charge < -0.3 is 0 Å². The zero-order valence-corrected chi connectivity index (χ0v) is 4.29. The van der Waals surface area contributed by atoms with Crippen molar-refractivity contribution in [3.63, 3.8) is 0 Å². The predicted molar refractivity (Wildman–Crippen MR) is 28.6 cm³/mol. The minimum absolute atomic E-state index is 0.00463. The molecule has 1 radical (unpaired) electrons. The summed E-state index contributed by atoms with van der Waals surface area (Å²) < 4.78 is 0. The maximum atomic E-state index is 9.89. The van der Waals surface area contributed by atoms with Crippen LogP contribution >= 0.6 is 12.2 Å². The lowest BCUT2D eigenvalue weighted by Gasteiger charge is -1.72. The molecule has 0 atom stereocenters. The molecule has 0 heterocycles. The Morgan fingerprint density at radius 1 is 1.83 bits per heavy atom. The van der Waals surface area contributed by atoms with Crippen molar-refractivity contribution in [1.82, 2.24) is 0 Å². The quantitative estimate of drug-likeness (QED) is 0.478. The Labute approximate surface area is 42.4 Å². The van der Waals surface area contributed by atoms with E-state index in [0.717, 1.165) is 0 Å². The van der Waals surface area contributed by atoms with Gasteiger partial charge >= 0.3 is 0 Å². The maximum absolute atomic E-state index is 9.89. The summed E-state index contributed by atoms with van der Waals surface area (Å²) in [6.07, 6.45) is 1.34. The lowest BCUT2D eigenvalue weighted by molar-refractivity contribution is -0.113. The second kappa shape index (κ2) is 2.97. The molecule has 0 saturated heterocycles. The van der Waals surface area contributed by atoms with Crippen molar-refractivity contribution in [3.8, 4) is 0 Å². The van der Waals surface area contributed by atoms with Crippen LogP contribution in [0.2, 0.25) is 0 Å². The molecule has 0 N–H and O–H groups in total. The number of hydrogen-bond donors (Lipinski definition) is 0. The Bertz CT molecular complexity index is 67.9. The molecule has 0 aromatic heterocycles. The van der Waals surface area contributed by atoms with Crippen molar-refractivity contribution < 1.29 is 4.79 Å². The van der Waals surface area contributed by atoms with Crippen LogP contribution in [-0.2, 0) is 4.79 Å². The van der Waals surface area contributed by atoms with Crippen molar-refractivity contribution >= 4 is 23.4 Å². The van der Waals surface area contributed by atoms with Crippen LogP contribution in [0.25, 0.3) is 0 Å². The number of rotatable bonds is 2. The number of Topliss-reactive ketones (excluding diaryl/α,β-unsaturated/α-hetero) is 1. The molecule has 0 aromatic carbocycles. The highest BCUT2D eigenvalue weighted by atomic mass is 32.1. The van der Waals surface area contributed by atoms with E-state index in [-0.39, 0.29) is 5.78 Å². The van der Waals surface area contributed by atoms with Gasteiger partial charge in [-0.2, -0.15) is 0 Å². The van der Waals surface area contributed by atoms with Crippen LogP contribution in [0.3, 0.4) is 0 Å². The van der Waals surface area contributed by atoms with Gasteiger partial charge in [0, 0.05) is 0 Å². The van der Waals surface area contributed by atoms with Crippen LogP contribution in [0.4, 0.5) is 0 Å². The lowest BCUT2D eigenvalue weighted by Crippen LogP contribution is -1.87. The van der Waals surface area contributed by atoms with E-state index in [0.29, 0.717) is 0 Å². The Morgan fingerprint density at radius 3 is 2.33 bits per heavy atom. The fourth-order valence-corrected chi connectivity index (χ4v) is 0.287. The summed E-state index contributed by atoms with van der Waals surface area (Å²) in [5.41, 5.74) is 0. The number of thiocarbonyl (C=S) groups is 1. The summed E-state index contributed by atoms with van der Waals surface area (Å²) in [6.45, 7) is 1.46. The van der Waals surface area contributed by atoms with Crippen LogP contribution in [-0.4, -0.2) is 11.2 Å². The summed E-state index contributed by atoms with van der Waals surface area (Å²) in [7, 11) is 0. The van der Waals surface area contributed by atoms with Crippen LogP contribution < -0.4 is 0 Å². The third kappa shape index (κ3) is 3.76. The largest absolute Gasteiger partial charge is 0.299 e. The zero-order valence-electron chi connectivity index (χ0n) is 3.47. The first-order valence-electron chi connectivity index (χ1n) is 1.56. The van der Waals surface area contributed by atoms with E-state index in [4.69, 9.17) is 0 Å². The van der Waals surface area contributed by atoms with E-state index in [2.05, 4.69) is 12.2 Å². The van der Waals surface area contributed by atoms with E-state index in [1.807, 2.05) is 0 Å². The minimum Gasteiger partial charge on any atom is -0.299 e. The molecule has 0 aliphatic heterocycles. The fraction of sp³-hybridized carbons (Fsp3) is 0.250. The van der Waals surface area contributed by atoms with Gasteiger partial charge in [-0.15, -0.1) is 0 Å². The monoisotopic (exact) mass is 101 g/mol. The van der Waals surface area contributed by atoms with Crippen molar-refractivity contribution in [3.05, 3.63) is 6.42 Å². The molecule has 6 heavy (non-hydrogen) atoms. The highest BCUT2D eigenvalue weighted by Gasteiger charge is 1.82. The first-order chi connectivity index (χ1) is 2.77. The van der Waals surface area contributed by atoms with E-state index >= 15 is 0 Å². The Kier molecular flexibility index (Phi) is 2.85. The van der Waals surface area contributed by atoms with Crippen molar-refractivity contribution in [1.29, 1.82) is 0 Å². The normalized spacial score (nSPS) is 7.50. The number of carbonyl (C=O) groups excluding carboxylic acids is 1. The lowest BCUT2D eigenvalue weighted by atomic mass is 10.4. The van der Waals surface area contributed by atoms with Crippen molar-refractivity contribution in [2.24, 2.45) is 0 Å². The van der Waals surface area contributed by atoms with E-state index in [1.54, 1.807) is 0 Å². The Hall–Kier alpha value is -0.240. The summed E-state index contributed by atoms with van der Waals surface area (Å²) in [4.78, 5) is 9.89. The minimum atomic E-state index is 0.00463. The van der Waals surface area contributed by atoms with Gasteiger partial charge in [0.05, 0.1) is 6.42 Å². The molecule has 0 amide bonds. The molecule has 0 bridgehead atoms. The molecule has 0 fully saturated rings. The topological polar surface area (TPSA) is 17.1 Å². The van der Waals surface area contributed by atoms with Gasteiger partial charge in [0.1, 0.15) is 5.78 Å². The predicted octanol–water partition coefficient (Wildman–Crippen LogP) is 0.779. The molecule has 2 heteroatoms. The number of ketones is 1. The van der Waals surface area contributed by atoms with Crippen LogP contribution in [0.1, 0.15) is 6.92 Å².